The van der Waals surface area contributed by atoms with Crippen LogP contribution in [0, 0.1) is 20.8 Å². The van der Waals surface area contributed by atoms with Gasteiger partial charge in [-0.05, 0) is 61.9 Å². The maximum Gasteiger partial charge on any atom is 0.243 e. The van der Waals surface area contributed by atoms with E-state index in [1.165, 1.54) is 11.1 Å². The van der Waals surface area contributed by atoms with Crippen molar-refractivity contribution in [3.8, 4) is 0 Å². The summed E-state index contributed by atoms with van der Waals surface area (Å²) < 4.78 is 28.3. The lowest BCUT2D eigenvalue weighted by atomic mass is 9.85. The predicted molar refractivity (Wildman–Crippen MR) is 125 cm³/mol. The Hall–Kier alpha value is -2.22. The molecule has 0 aliphatic carbocycles. The Morgan fingerprint density at radius 1 is 1.06 bits per heavy atom. The molecule has 0 amide bonds. The summed E-state index contributed by atoms with van der Waals surface area (Å²) in [5.74, 6) is 0.964. The third-order valence-electron chi connectivity index (χ3n) is 6.54. The molecule has 2 aromatic carbocycles. The van der Waals surface area contributed by atoms with E-state index in [0.29, 0.717) is 30.8 Å². The molecule has 0 unspecified atom stereocenters. The Balaban J connectivity index is 1.49. The average molecular weight is 441 g/mol. The van der Waals surface area contributed by atoms with Crippen LogP contribution in [0.1, 0.15) is 35.1 Å². The van der Waals surface area contributed by atoms with E-state index in [2.05, 4.69) is 35.8 Å². The molecule has 0 radical (unpaired) electrons. The molecular weight excluding hydrogens is 408 g/mol. The third kappa shape index (κ3) is 4.40. The smallest absolute Gasteiger partial charge is 0.243 e. The lowest BCUT2D eigenvalue weighted by Gasteiger charge is -2.44. The maximum atomic E-state index is 13.3. The summed E-state index contributed by atoms with van der Waals surface area (Å²) in [5.41, 5.74) is 3.98. The molecule has 1 spiro atoms. The van der Waals surface area contributed by atoms with Gasteiger partial charge in [0, 0.05) is 26.2 Å². The van der Waals surface area contributed by atoms with Gasteiger partial charge in [0.05, 0.1) is 17.0 Å². The Morgan fingerprint density at radius 2 is 1.81 bits per heavy atom. The summed E-state index contributed by atoms with van der Waals surface area (Å²) in [7, 11) is -3.50. The van der Waals surface area contributed by atoms with E-state index in [9.17, 15) is 8.42 Å². The fourth-order valence-corrected chi connectivity index (χ4v) is 6.31. The van der Waals surface area contributed by atoms with E-state index >= 15 is 0 Å². The topological polar surface area (TPSA) is 73.8 Å². The normalized spacial score (nSPS) is 19.3. The summed E-state index contributed by atoms with van der Waals surface area (Å²) in [6.07, 6.45) is 1.41. The van der Waals surface area contributed by atoms with Gasteiger partial charge in [-0.3, -0.25) is 4.99 Å². The fourth-order valence-electron chi connectivity index (χ4n) is 4.56. The molecule has 2 aliphatic heterocycles. The highest BCUT2D eigenvalue weighted by molar-refractivity contribution is 7.89. The van der Waals surface area contributed by atoms with Crippen LogP contribution in [0.2, 0.25) is 0 Å². The van der Waals surface area contributed by atoms with Crippen LogP contribution in [-0.2, 0) is 16.6 Å². The van der Waals surface area contributed by atoms with Crippen molar-refractivity contribution in [3.63, 3.8) is 0 Å². The summed E-state index contributed by atoms with van der Waals surface area (Å²) in [5, 5.41) is 7.21. The van der Waals surface area contributed by atoms with Crippen molar-refractivity contribution in [2.24, 2.45) is 4.99 Å². The average Bonchev–Trinajstić information content (AvgIpc) is 2.76. The third-order valence-corrected chi connectivity index (χ3v) is 8.58. The molecule has 2 aromatic rings. The monoisotopic (exact) mass is 440 g/mol. The zero-order valence-corrected chi connectivity index (χ0v) is 19.4. The second-order valence-electron chi connectivity index (χ2n) is 8.69. The van der Waals surface area contributed by atoms with Gasteiger partial charge in [-0.25, -0.2) is 8.42 Å². The van der Waals surface area contributed by atoms with Gasteiger partial charge in [-0.15, -0.1) is 0 Å². The van der Waals surface area contributed by atoms with Gasteiger partial charge in [0.25, 0.3) is 0 Å². The fraction of sp³-hybridized carbons (Fsp3) is 0.458. The van der Waals surface area contributed by atoms with Gasteiger partial charge < -0.3 is 10.6 Å². The number of piperidine rings is 1. The maximum absolute atomic E-state index is 13.3. The molecule has 6 nitrogen and oxygen atoms in total. The van der Waals surface area contributed by atoms with E-state index in [1.54, 1.807) is 10.4 Å². The zero-order chi connectivity index (χ0) is 22.1. The molecular formula is C24H32N4O2S. The minimum Gasteiger partial charge on any atom is -0.368 e. The van der Waals surface area contributed by atoms with Crippen LogP contribution in [-0.4, -0.2) is 50.3 Å². The molecule has 7 heteroatoms. The molecule has 1 fully saturated rings. The highest BCUT2D eigenvalue weighted by Crippen LogP contribution is 2.30. The molecule has 2 N–H and O–H groups in total. The van der Waals surface area contributed by atoms with E-state index in [-0.39, 0.29) is 5.54 Å². The standard InChI is InChI=1S/C24H32N4O2S/c1-18-8-9-20(3)22(16-18)31(29,30)28-14-10-24(11-15-28)23(25-12-13-27-24)26-17-21-7-5-4-6-19(21)2/h4-9,16,27H,10-15,17H2,1-3H3,(H,25,26). The second kappa shape index (κ2) is 8.73. The summed E-state index contributed by atoms with van der Waals surface area (Å²) in [4.78, 5) is 5.22. The number of rotatable bonds is 4. The van der Waals surface area contributed by atoms with Gasteiger partial charge >= 0.3 is 0 Å². The Morgan fingerprint density at radius 3 is 2.55 bits per heavy atom. The Bertz CT molecular complexity index is 1090. The zero-order valence-electron chi connectivity index (χ0n) is 18.6. The molecule has 0 bridgehead atoms. The van der Waals surface area contributed by atoms with Gasteiger partial charge in [-0.1, -0.05) is 36.4 Å². The van der Waals surface area contributed by atoms with Crippen LogP contribution < -0.4 is 10.6 Å². The van der Waals surface area contributed by atoms with E-state index in [1.807, 2.05) is 32.0 Å². The predicted octanol–water partition coefficient (Wildman–Crippen LogP) is 2.93. The molecule has 0 saturated carbocycles. The molecule has 2 aliphatic rings. The van der Waals surface area contributed by atoms with Crippen LogP contribution in [0.4, 0.5) is 0 Å². The summed E-state index contributed by atoms with van der Waals surface area (Å²) >= 11 is 0. The number of hydrogen-bond acceptors (Lipinski definition) is 5. The highest BCUT2D eigenvalue weighted by Gasteiger charge is 2.43. The van der Waals surface area contributed by atoms with Crippen molar-refractivity contribution in [2.45, 2.75) is 50.6 Å². The first-order chi connectivity index (χ1) is 14.8. The number of aliphatic imine (C=N–C) groups is 1. The van der Waals surface area contributed by atoms with Crippen LogP contribution in [0.25, 0.3) is 0 Å². The van der Waals surface area contributed by atoms with E-state index < -0.39 is 10.0 Å². The van der Waals surface area contributed by atoms with Gasteiger partial charge in [0.2, 0.25) is 10.0 Å². The quantitative estimate of drug-likeness (QED) is 0.767. The minimum atomic E-state index is -3.50. The molecule has 31 heavy (non-hydrogen) atoms. The number of aryl methyl sites for hydroxylation is 3. The lowest BCUT2D eigenvalue weighted by molar-refractivity contribution is 0.241. The SMILES string of the molecule is Cc1ccc(C)c(S(=O)(=O)N2CCC3(CC2)NCCN=C3NCc2ccccc2C)c1. The molecule has 4 rings (SSSR count). The van der Waals surface area contributed by atoms with E-state index in [0.717, 1.165) is 36.6 Å². The number of nitrogens with one attached hydrogen (secondary N) is 2. The molecule has 2 heterocycles. The Kier molecular flexibility index (Phi) is 6.19. The van der Waals surface area contributed by atoms with Crippen molar-refractivity contribution < 1.29 is 8.42 Å². The summed E-state index contributed by atoms with van der Waals surface area (Å²) in [6.45, 7) is 9.14. The second-order valence-corrected chi connectivity index (χ2v) is 10.6. The van der Waals surface area contributed by atoms with E-state index in [4.69, 9.17) is 4.99 Å². The van der Waals surface area contributed by atoms with Crippen molar-refractivity contribution in [1.82, 2.24) is 14.9 Å². The first-order valence-corrected chi connectivity index (χ1v) is 12.4. The van der Waals surface area contributed by atoms with Gasteiger partial charge in [0.1, 0.15) is 5.84 Å². The number of nitrogens with zero attached hydrogens (tertiary/aromatic N) is 2. The number of amidine groups is 1. The number of hydrogen-bond donors (Lipinski definition) is 2. The molecule has 0 atom stereocenters. The van der Waals surface area contributed by atoms with Crippen LogP contribution in [0.5, 0.6) is 0 Å². The molecule has 0 aromatic heterocycles. The molecule has 1 saturated heterocycles. The largest absolute Gasteiger partial charge is 0.368 e. The first kappa shape index (κ1) is 22.0. The highest BCUT2D eigenvalue weighted by atomic mass is 32.2. The van der Waals surface area contributed by atoms with Gasteiger partial charge in [0.15, 0.2) is 0 Å². The first-order valence-electron chi connectivity index (χ1n) is 11.0. The van der Waals surface area contributed by atoms with Crippen molar-refractivity contribution in [1.29, 1.82) is 0 Å². The lowest BCUT2D eigenvalue weighted by Crippen LogP contribution is -2.64. The number of benzene rings is 2. The molecule has 166 valence electrons. The summed E-state index contributed by atoms with van der Waals surface area (Å²) in [6, 6.07) is 14.0. The van der Waals surface area contributed by atoms with Gasteiger partial charge in [-0.2, -0.15) is 4.31 Å². The Labute approximate surface area is 185 Å². The minimum absolute atomic E-state index is 0.283. The van der Waals surface area contributed by atoms with Crippen molar-refractivity contribution in [3.05, 3.63) is 64.7 Å². The van der Waals surface area contributed by atoms with Crippen LogP contribution in [0.15, 0.2) is 52.4 Å². The van der Waals surface area contributed by atoms with Crippen molar-refractivity contribution >= 4 is 15.9 Å². The van der Waals surface area contributed by atoms with Crippen LogP contribution >= 0.6 is 0 Å². The van der Waals surface area contributed by atoms with Crippen molar-refractivity contribution in [2.75, 3.05) is 26.2 Å². The van der Waals surface area contributed by atoms with Crippen LogP contribution in [0.3, 0.4) is 0 Å². The number of sulfonamides is 1.